The van der Waals surface area contributed by atoms with Crippen LogP contribution < -0.4 is 0 Å². The van der Waals surface area contributed by atoms with Crippen molar-refractivity contribution in [2.45, 2.75) is 47.5 Å². The standard InChI is InChI=1S/C17H26O4/c1-9(2)12-6-7-17(5)10(3)14(16(19)20)15(12)13(17)8-21-11(4)18/h9,12-13,15H,6-8H2,1-5H3,(H,19,20)/t12-,13+,15+,17+/m1/s1. The molecule has 1 N–H and O–H groups in total. The van der Waals surface area contributed by atoms with Gasteiger partial charge >= 0.3 is 11.9 Å². The number of fused-ring (bicyclic) bond motifs is 2. The molecule has 0 radical (unpaired) electrons. The second-order valence-corrected chi connectivity index (χ2v) is 7.14. The number of allylic oxidation sites excluding steroid dienone is 1. The predicted molar refractivity (Wildman–Crippen MR) is 79.6 cm³/mol. The molecule has 0 aromatic carbocycles. The summed E-state index contributed by atoms with van der Waals surface area (Å²) in [6, 6.07) is 0. The fraction of sp³-hybridized carbons (Fsp3) is 0.765. The number of carboxylic acid groups (broad SMARTS) is 1. The average Bonchev–Trinajstić information content (AvgIpc) is 2.49. The Bertz CT molecular complexity index is 491. The summed E-state index contributed by atoms with van der Waals surface area (Å²) in [7, 11) is 0. The van der Waals surface area contributed by atoms with Gasteiger partial charge in [-0.25, -0.2) is 4.79 Å². The van der Waals surface area contributed by atoms with Crippen LogP contribution in [0.15, 0.2) is 11.1 Å². The van der Waals surface area contributed by atoms with E-state index in [1.165, 1.54) is 6.92 Å². The first kappa shape index (κ1) is 16.1. The summed E-state index contributed by atoms with van der Waals surface area (Å²) in [4.78, 5) is 23.0. The van der Waals surface area contributed by atoms with Crippen LogP contribution >= 0.6 is 0 Å². The molecule has 2 aliphatic carbocycles. The summed E-state index contributed by atoms with van der Waals surface area (Å²) in [5, 5.41) is 9.67. The zero-order chi connectivity index (χ0) is 15.9. The lowest BCUT2D eigenvalue weighted by molar-refractivity contribution is -0.145. The Labute approximate surface area is 126 Å². The van der Waals surface area contributed by atoms with Crippen LogP contribution in [-0.4, -0.2) is 23.7 Å². The second kappa shape index (κ2) is 5.47. The van der Waals surface area contributed by atoms with Crippen molar-refractivity contribution >= 4 is 11.9 Å². The quantitative estimate of drug-likeness (QED) is 0.808. The van der Waals surface area contributed by atoms with E-state index in [0.717, 1.165) is 18.4 Å². The molecule has 21 heavy (non-hydrogen) atoms. The van der Waals surface area contributed by atoms with Crippen LogP contribution in [0.5, 0.6) is 0 Å². The minimum Gasteiger partial charge on any atom is -0.478 e. The van der Waals surface area contributed by atoms with E-state index in [-0.39, 0.29) is 23.2 Å². The molecule has 1 fully saturated rings. The number of hydrogen-bond acceptors (Lipinski definition) is 3. The van der Waals surface area contributed by atoms with Crippen LogP contribution in [0.3, 0.4) is 0 Å². The van der Waals surface area contributed by atoms with Crippen molar-refractivity contribution in [2.24, 2.45) is 29.1 Å². The highest BCUT2D eigenvalue weighted by atomic mass is 16.5. The van der Waals surface area contributed by atoms with Crippen molar-refractivity contribution < 1.29 is 19.4 Å². The molecule has 0 aromatic heterocycles. The minimum atomic E-state index is -0.804. The maximum absolute atomic E-state index is 11.8. The smallest absolute Gasteiger partial charge is 0.331 e. The number of carbonyl (C=O) groups excluding carboxylic acids is 1. The Morgan fingerprint density at radius 1 is 1.43 bits per heavy atom. The fourth-order valence-corrected chi connectivity index (χ4v) is 4.51. The maximum Gasteiger partial charge on any atom is 0.331 e. The molecule has 0 aromatic rings. The Hall–Kier alpha value is -1.32. The van der Waals surface area contributed by atoms with Crippen LogP contribution in [0.2, 0.25) is 0 Å². The van der Waals surface area contributed by atoms with E-state index >= 15 is 0 Å². The van der Waals surface area contributed by atoms with Crippen LogP contribution in [0.25, 0.3) is 0 Å². The van der Waals surface area contributed by atoms with E-state index in [9.17, 15) is 14.7 Å². The molecule has 0 saturated heterocycles. The van der Waals surface area contributed by atoms with Crippen LogP contribution in [0.4, 0.5) is 0 Å². The van der Waals surface area contributed by atoms with Crippen molar-refractivity contribution in [3.8, 4) is 0 Å². The summed E-state index contributed by atoms with van der Waals surface area (Å²) >= 11 is 0. The van der Waals surface area contributed by atoms with Gasteiger partial charge in [0, 0.05) is 24.3 Å². The minimum absolute atomic E-state index is 0.000556. The van der Waals surface area contributed by atoms with E-state index < -0.39 is 5.97 Å². The summed E-state index contributed by atoms with van der Waals surface area (Å²) in [6.07, 6.45) is 2.02. The van der Waals surface area contributed by atoms with Gasteiger partial charge in [-0.2, -0.15) is 0 Å². The van der Waals surface area contributed by atoms with E-state index in [1.54, 1.807) is 0 Å². The third-order valence-electron chi connectivity index (χ3n) is 5.86. The number of carboxylic acids is 1. The first-order valence-electron chi connectivity index (χ1n) is 7.78. The second-order valence-electron chi connectivity index (χ2n) is 7.14. The van der Waals surface area contributed by atoms with Crippen LogP contribution in [0.1, 0.15) is 47.5 Å². The van der Waals surface area contributed by atoms with E-state index in [2.05, 4.69) is 20.8 Å². The molecule has 118 valence electrons. The lowest BCUT2D eigenvalue weighted by atomic mass is 9.60. The van der Waals surface area contributed by atoms with Crippen molar-refractivity contribution in [3.63, 3.8) is 0 Å². The number of esters is 1. The first-order chi connectivity index (χ1) is 9.70. The van der Waals surface area contributed by atoms with Gasteiger partial charge in [0.15, 0.2) is 0 Å². The molecule has 4 nitrogen and oxygen atoms in total. The van der Waals surface area contributed by atoms with Gasteiger partial charge in [0.05, 0.1) is 6.61 Å². The monoisotopic (exact) mass is 294 g/mol. The van der Waals surface area contributed by atoms with Crippen molar-refractivity contribution in [1.82, 2.24) is 0 Å². The molecule has 4 heteroatoms. The highest BCUT2D eigenvalue weighted by Crippen LogP contribution is 2.61. The molecule has 1 saturated carbocycles. The number of aliphatic carboxylic acids is 1. The molecule has 0 amide bonds. The zero-order valence-electron chi connectivity index (χ0n) is 13.6. The van der Waals surface area contributed by atoms with Gasteiger partial charge in [-0.3, -0.25) is 4.79 Å². The van der Waals surface area contributed by atoms with Gasteiger partial charge in [-0.05, 0) is 37.0 Å². The lowest BCUT2D eigenvalue weighted by Crippen LogP contribution is -2.42. The van der Waals surface area contributed by atoms with Crippen molar-refractivity contribution in [3.05, 3.63) is 11.1 Å². The maximum atomic E-state index is 11.8. The zero-order valence-corrected chi connectivity index (χ0v) is 13.6. The molecular formula is C17H26O4. The third kappa shape index (κ3) is 2.49. The predicted octanol–water partition coefficient (Wildman–Crippen LogP) is 3.27. The topological polar surface area (TPSA) is 63.6 Å². The summed E-state index contributed by atoms with van der Waals surface area (Å²) in [5.74, 6) is -0.225. The van der Waals surface area contributed by atoms with Gasteiger partial charge < -0.3 is 9.84 Å². The molecule has 0 heterocycles. The Morgan fingerprint density at radius 2 is 2.05 bits per heavy atom. The number of ether oxygens (including phenoxy) is 1. The first-order valence-corrected chi connectivity index (χ1v) is 7.78. The van der Waals surface area contributed by atoms with Gasteiger partial charge in [-0.1, -0.05) is 26.3 Å². The third-order valence-corrected chi connectivity index (χ3v) is 5.86. The largest absolute Gasteiger partial charge is 0.478 e. The molecule has 0 spiro atoms. The molecule has 2 aliphatic rings. The van der Waals surface area contributed by atoms with Crippen molar-refractivity contribution in [2.75, 3.05) is 6.61 Å². The normalized spacial score (nSPS) is 35.2. The molecule has 2 rings (SSSR count). The van der Waals surface area contributed by atoms with Crippen LogP contribution in [0, 0.1) is 29.1 Å². The Balaban J connectivity index is 2.43. The number of hydrogen-bond donors (Lipinski definition) is 1. The molecule has 0 unspecified atom stereocenters. The fourth-order valence-electron chi connectivity index (χ4n) is 4.51. The van der Waals surface area contributed by atoms with Gasteiger partial charge in [0.25, 0.3) is 0 Å². The lowest BCUT2D eigenvalue weighted by Gasteiger charge is -2.45. The van der Waals surface area contributed by atoms with Gasteiger partial charge in [0.1, 0.15) is 0 Å². The van der Waals surface area contributed by atoms with E-state index in [0.29, 0.717) is 24.0 Å². The Kier molecular flexibility index (Phi) is 4.18. The SMILES string of the molecule is CC(=O)OC[C@H]1[C@H]2C(C(=O)O)=C(C)[C@]1(C)CC[C@@H]2C(C)C. The number of rotatable bonds is 4. The van der Waals surface area contributed by atoms with E-state index in [4.69, 9.17) is 4.74 Å². The molecule has 0 aliphatic heterocycles. The molecule has 4 atom stereocenters. The summed E-state index contributed by atoms with van der Waals surface area (Å²) in [5.41, 5.74) is 1.41. The van der Waals surface area contributed by atoms with Crippen LogP contribution in [-0.2, 0) is 14.3 Å². The Morgan fingerprint density at radius 3 is 2.52 bits per heavy atom. The van der Waals surface area contributed by atoms with Crippen molar-refractivity contribution in [1.29, 1.82) is 0 Å². The summed E-state index contributed by atoms with van der Waals surface area (Å²) in [6.45, 7) is 10.1. The number of carbonyl (C=O) groups is 2. The van der Waals surface area contributed by atoms with Gasteiger partial charge in [-0.15, -0.1) is 0 Å². The summed E-state index contributed by atoms with van der Waals surface area (Å²) < 4.78 is 5.27. The van der Waals surface area contributed by atoms with Gasteiger partial charge in [0.2, 0.25) is 0 Å². The highest BCUT2D eigenvalue weighted by Gasteiger charge is 2.57. The average molecular weight is 294 g/mol. The molecular weight excluding hydrogens is 268 g/mol. The molecule has 2 bridgehead atoms. The van der Waals surface area contributed by atoms with E-state index in [1.807, 2.05) is 6.92 Å². The highest BCUT2D eigenvalue weighted by molar-refractivity contribution is 5.89.